The molecule has 1 aliphatic rings. The zero-order valence-electron chi connectivity index (χ0n) is 13.3. The summed E-state index contributed by atoms with van der Waals surface area (Å²) in [5.74, 6) is 0. The lowest BCUT2D eigenvalue weighted by Gasteiger charge is -2.29. The summed E-state index contributed by atoms with van der Waals surface area (Å²) in [4.78, 5) is 2.32. The zero-order chi connectivity index (χ0) is 16.1. The first-order chi connectivity index (χ1) is 11.3. The van der Waals surface area contributed by atoms with Gasteiger partial charge in [0.1, 0.15) is 0 Å². The average molecular weight is 299 g/mol. The molecule has 0 radical (unpaired) electrons. The van der Waals surface area contributed by atoms with Crippen molar-refractivity contribution in [1.29, 1.82) is 0 Å². The van der Waals surface area contributed by atoms with E-state index in [4.69, 9.17) is 0 Å². The Bertz CT molecular complexity index is 694. The van der Waals surface area contributed by atoms with E-state index in [0.717, 1.165) is 24.0 Å². The van der Waals surface area contributed by atoms with Crippen molar-refractivity contribution in [2.24, 2.45) is 0 Å². The molecule has 0 saturated heterocycles. The van der Waals surface area contributed by atoms with Crippen LogP contribution in [-0.2, 0) is 0 Å². The van der Waals surface area contributed by atoms with Gasteiger partial charge in [-0.25, -0.2) is 0 Å². The summed E-state index contributed by atoms with van der Waals surface area (Å²) in [7, 11) is 0. The van der Waals surface area contributed by atoms with Crippen molar-refractivity contribution in [2.45, 2.75) is 12.8 Å². The van der Waals surface area contributed by atoms with Crippen molar-refractivity contribution in [3.8, 4) is 0 Å². The highest BCUT2D eigenvalue weighted by Crippen LogP contribution is 2.33. The summed E-state index contributed by atoms with van der Waals surface area (Å²) in [6.07, 6.45) is 12.4. The molecule has 0 fully saturated rings. The standard InChI is InChI=1S/C22H21N/c1-3-18-10-14-21(15-11-18)23(20-8-6-5-7-9-20)22-16-12-19(4-2)13-17-22/h3-6,8,10-17H,1-2,7,9H2. The predicted molar refractivity (Wildman–Crippen MR) is 102 cm³/mol. The van der Waals surface area contributed by atoms with E-state index in [9.17, 15) is 0 Å². The smallest absolute Gasteiger partial charge is 0.0458 e. The fourth-order valence-corrected chi connectivity index (χ4v) is 2.78. The van der Waals surface area contributed by atoms with E-state index in [1.54, 1.807) is 0 Å². The van der Waals surface area contributed by atoms with Crippen LogP contribution in [0.1, 0.15) is 24.0 Å². The summed E-state index contributed by atoms with van der Waals surface area (Å²) in [5, 5.41) is 0. The Labute approximate surface area is 138 Å². The van der Waals surface area contributed by atoms with Gasteiger partial charge in [0.25, 0.3) is 0 Å². The van der Waals surface area contributed by atoms with Gasteiger partial charge in [0.05, 0.1) is 0 Å². The number of anilines is 2. The molecule has 3 rings (SSSR count). The van der Waals surface area contributed by atoms with Crippen LogP contribution in [0, 0.1) is 0 Å². The van der Waals surface area contributed by atoms with Crippen LogP contribution < -0.4 is 4.90 Å². The Morgan fingerprint density at radius 2 is 1.30 bits per heavy atom. The van der Waals surface area contributed by atoms with E-state index in [0.29, 0.717) is 0 Å². The molecule has 0 atom stereocenters. The van der Waals surface area contributed by atoms with Crippen LogP contribution in [-0.4, -0.2) is 0 Å². The highest BCUT2D eigenvalue weighted by molar-refractivity contribution is 5.71. The second-order valence-electron chi connectivity index (χ2n) is 5.55. The van der Waals surface area contributed by atoms with Gasteiger partial charge < -0.3 is 4.90 Å². The first-order valence-corrected chi connectivity index (χ1v) is 7.92. The summed E-state index contributed by atoms with van der Waals surface area (Å²) < 4.78 is 0. The Hall–Kier alpha value is -2.80. The first-order valence-electron chi connectivity index (χ1n) is 7.92. The second-order valence-corrected chi connectivity index (χ2v) is 5.55. The number of hydrogen-bond acceptors (Lipinski definition) is 1. The quantitative estimate of drug-likeness (QED) is 0.622. The van der Waals surface area contributed by atoms with E-state index < -0.39 is 0 Å². The highest BCUT2D eigenvalue weighted by atomic mass is 15.1. The molecule has 0 aromatic heterocycles. The summed E-state index contributed by atoms with van der Waals surface area (Å²) in [5.41, 5.74) is 5.92. The fourth-order valence-electron chi connectivity index (χ4n) is 2.78. The van der Waals surface area contributed by atoms with Crippen LogP contribution >= 0.6 is 0 Å². The Balaban J connectivity index is 2.04. The van der Waals surface area contributed by atoms with E-state index in [1.807, 2.05) is 12.2 Å². The SMILES string of the molecule is C=Cc1ccc(N(C2=CC=CCC2)c2ccc(C=C)cc2)cc1. The highest BCUT2D eigenvalue weighted by Gasteiger charge is 2.15. The number of nitrogens with zero attached hydrogens (tertiary/aromatic N) is 1. The maximum atomic E-state index is 3.83. The number of benzene rings is 2. The summed E-state index contributed by atoms with van der Waals surface area (Å²) >= 11 is 0. The minimum Gasteiger partial charge on any atom is -0.314 e. The molecule has 0 heterocycles. The average Bonchev–Trinajstić information content (AvgIpc) is 2.64. The van der Waals surface area contributed by atoms with Gasteiger partial charge in [0, 0.05) is 17.1 Å². The number of hydrogen-bond donors (Lipinski definition) is 0. The van der Waals surface area contributed by atoms with Gasteiger partial charge in [-0.05, 0) is 54.3 Å². The van der Waals surface area contributed by atoms with Gasteiger partial charge in [0.15, 0.2) is 0 Å². The molecule has 114 valence electrons. The lowest BCUT2D eigenvalue weighted by atomic mass is 10.1. The Kier molecular flexibility index (Phi) is 4.58. The van der Waals surface area contributed by atoms with E-state index in [1.165, 1.54) is 17.1 Å². The Morgan fingerprint density at radius 1 is 0.783 bits per heavy atom. The predicted octanol–water partition coefficient (Wildman–Crippen LogP) is 6.34. The third-order valence-corrected chi connectivity index (χ3v) is 4.05. The third-order valence-electron chi connectivity index (χ3n) is 4.05. The van der Waals surface area contributed by atoms with Gasteiger partial charge in [-0.1, -0.05) is 61.7 Å². The topological polar surface area (TPSA) is 3.24 Å². The van der Waals surface area contributed by atoms with Crippen molar-refractivity contribution < 1.29 is 0 Å². The number of allylic oxidation sites excluding steroid dienone is 4. The van der Waals surface area contributed by atoms with E-state index >= 15 is 0 Å². The van der Waals surface area contributed by atoms with Crippen molar-refractivity contribution in [2.75, 3.05) is 4.90 Å². The van der Waals surface area contributed by atoms with Crippen LogP contribution in [0.5, 0.6) is 0 Å². The molecule has 1 nitrogen and oxygen atoms in total. The molecule has 2 aromatic rings. The minimum absolute atomic E-state index is 1.04. The molecular formula is C22H21N. The molecule has 1 heteroatoms. The molecule has 0 spiro atoms. The molecule has 0 bridgehead atoms. The second kappa shape index (κ2) is 6.97. The largest absolute Gasteiger partial charge is 0.314 e. The molecule has 0 unspecified atom stereocenters. The van der Waals surface area contributed by atoms with Gasteiger partial charge in [-0.15, -0.1) is 0 Å². The molecule has 0 N–H and O–H groups in total. The van der Waals surface area contributed by atoms with Crippen LogP contribution in [0.25, 0.3) is 12.2 Å². The summed E-state index contributed by atoms with van der Waals surface area (Å²) in [6.45, 7) is 7.66. The van der Waals surface area contributed by atoms with Gasteiger partial charge in [0.2, 0.25) is 0 Å². The van der Waals surface area contributed by atoms with E-state index in [-0.39, 0.29) is 0 Å². The van der Waals surface area contributed by atoms with Crippen LogP contribution in [0.4, 0.5) is 11.4 Å². The lowest BCUT2D eigenvalue weighted by Crippen LogP contribution is -2.17. The van der Waals surface area contributed by atoms with Gasteiger partial charge in [-0.3, -0.25) is 0 Å². The lowest BCUT2D eigenvalue weighted by molar-refractivity contribution is 0.917. The van der Waals surface area contributed by atoms with Crippen LogP contribution in [0.3, 0.4) is 0 Å². The van der Waals surface area contributed by atoms with Crippen LogP contribution in [0.2, 0.25) is 0 Å². The minimum atomic E-state index is 1.04. The maximum absolute atomic E-state index is 3.83. The number of rotatable bonds is 5. The molecule has 0 saturated carbocycles. The molecule has 0 amide bonds. The molecule has 0 aliphatic heterocycles. The maximum Gasteiger partial charge on any atom is 0.0458 e. The fraction of sp³-hybridized carbons (Fsp3) is 0.0909. The molecule has 2 aromatic carbocycles. The third kappa shape index (κ3) is 3.35. The van der Waals surface area contributed by atoms with Crippen LogP contribution in [0.15, 0.2) is 85.6 Å². The monoisotopic (exact) mass is 299 g/mol. The van der Waals surface area contributed by atoms with Crippen molar-refractivity contribution in [3.63, 3.8) is 0 Å². The normalized spacial score (nSPS) is 13.3. The zero-order valence-corrected chi connectivity index (χ0v) is 13.3. The van der Waals surface area contributed by atoms with E-state index in [2.05, 4.69) is 84.8 Å². The molecule has 1 aliphatic carbocycles. The molecule has 23 heavy (non-hydrogen) atoms. The molecular weight excluding hydrogens is 278 g/mol. The van der Waals surface area contributed by atoms with Crippen molar-refractivity contribution in [1.82, 2.24) is 0 Å². The van der Waals surface area contributed by atoms with Gasteiger partial charge in [-0.2, -0.15) is 0 Å². The van der Waals surface area contributed by atoms with Gasteiger partial charge >= 0.3 is 0 Å². The first kappa shape index (κ1) is 15.1. The van der Waals surface area contributed by atoms with Crippen molar-refractivity contribution >= 4 is 23.5 Å². The summed E-state index contributed by atoms with van der Waals surface area (Å²) in [6, 6.07) is 17.0. The van der Waals surface area contributed by atoms with Crippen molar-refractivity contribution in [3.05, 3.63) is 96.7 Å². The Morgan fingerprint density at radius 3 is 1.70 bits per heavy atom.